The van der Waals surface area contributed by atoms with Crippen LogP contribution in [-0.4, -0.2) is 51.1 Å². The number of carboxylic acid groups (broad SMARTS) is 1. The summed E-state index contributed by atoms with van der Waals surface area (Å²) in [7, 11) is 0. The van der Waals surface area contributed by atoms with E-state index in [-0.39, 0.29) is 18.1 Å². The highest BCUT2D eigenvalue weighted by Gasteiger charge is 2.59. The number of aromatic nitrogens is 3. The predicted molar refractivity (Wildman–Crippen MR) is 175 cm³/mol. The van der Waals surface area contributed by atoms with Crippen LogP contribution < -0.4 is 5.73 Å². The number of carbonyl (C=O) groups excluding carboxylic acids is 1. The van der Waals surface area contributed by atoms with Crippen molar-refractivity contribution in [3.05, 3.63) is 23.5 Å². The number of hydrogen-bond acceptors (Lipinski definition) is 7. The normalized spacial score (nSPS) is 31.8. The highest BCUT2D eigenvalue weighted by molar-refractivity contribution is 5.73. The first-order valence-corrected chi connectivity index (χ1v) is 18.0. The molecule has 0 unspecified atom stereocenters. The zero-order valence-corrected chi connectivity index (χ0v) is 29.4. The minimum absolute atomic E-state index is 0.0792. The molecule has 3 saturated carbocycles. The second-order valence-corrected chi connectivity index (χ2v) is 15.7. The summed E-state index contributed by atoms with van der Waals surface area (Å²) in [5, 5.41) is 15.3. The van der Waals surface area contributed by atoms with Crippen LogP contribution in [0, 0.1) is 46.3 Å². The second kappa shape index (κ2) is 15.9. The van der Waals surface area contributed by atoms with Crippen LogP contribution in [0.25, 0.3) is 0 Å². The Kier molecular flexibility index (Phi) is 12.7. The summed E-state index contributed by atoms with van der Waals surface area (Å²) < 4.78 is 44.7. The van der Waals surface area contributed by atoms with Gasteiger partial charge in [0, 0.05) is 13.0 Å². The Morgan fingerprint density at radius 1 is 1.08 bits per heavy atom. The average Bonchev–Trinajstić information content (AvgIpc) is 3.62. The van der Waals surface area contributed by atoms with Crippen molar-refractivity contribution in [3.8, 4) is 0 Å². The number of carboxylic acids is 1. The maximum atomic E-state index is 12.5. The fraction of sp³-hybridized carbons (Fsp3) is 0.833. The Morgan fingerprint density at radius 3 is 2.48 bits per heavy atom. The predicted octanol–water partition coefficient (Wildman–Crippen LogP) is 8.32. The molecule has 0 radical (unpaired) electrons. The number of hydrogen-bond donors (Lipinski definition) is 2. The largest absolute Gasteiger partial charge is 0.508 e. The third kappa shape index (κ3) is 8.93. The maximum Gasteiger partial charge on any atom is 0.508 e. The third-order valence-electron chi connectivity index (χ3n) is 12.3. The molecule has 272 valence electrons. The van der Waals surface area contributed by atoms with Crippen LogP contribution in [0.4, 0.5) is 18.0 Å². The van der Waals surface area contributed by atoms with E-state index in [1.165, 1.54) is 56.9 Å². The molecule has 48 heavy (non-hydrogen) atoms. The Hall–Kier alpha value is -2.63. The average molecular weight is 683 g/mol. The van der Waals surface area contributed by atoms with Gasteiger partial charge in [0.25, 0.3) is 0 Å². The summed E-state index contributed by atoms with van der Waals surface area (Å²) in [5.41, 5.74) is 8.48. The Balaban J connectivity index is 0.000000671. The number of halogens is 3. The van der Waals surface area contributed by atoms with E-state index in [1.54, 1.807) is 10.9 Å². The number of alkyl halides is 3. The zero-order chi connectivity index (χ0) is 35.3. The molecule has 3 N–H and O–H groups in total. The Morgan fingerprint density at radius 2 is 1.81 bits per heavy atom. The minimum Gasteiger partial charge on any atom is -0.475 e. The molecule has 0 spiro atoms. The summed E-state index contributed by atoms with van der Waals surface area (Å²) in [6, 6.07) is 0. The second-order valence-electron chi connectivity index (χ2n) is 15.7. The zero-order valence-electron chi connectivity index (χ0n) is 29.4. The Bertz CT molecular complexity index is 1270. The molecule has 8 atom stereocenters. The van der Waals surface area contributed by atoms with Gasteiger partial charge in [-0.2, -0.15) is 13.2 Å². The van der Waals surface area contributed by atoms with Crippen LogP contribution in [0.15, 0.2) is 17.8 Å². The van der Waals surface area contributed by atoms with Crippen molar-refractivity contribution in [1.29, 1.82) is 0 Å². The van der Waals surface area contributed by atoms with Crippen LogP contribution in [0.3, 0.4) is 0 Å². The van der Waals surface area contributed by atoms with Gasteiger partial charge in [-0.1, -0.05) is 70.7 Å². The fourth-order valence-electron chi connectivity index (χ4n) is 9.82. The number of nitrogens with zero attached hydrogens (tertiary/aromatic N) is 3. The lowest BCUT2D eigenvalue weighted by Gasteiger charge is -2.58. The SMILES string of the molecule is CC(C)CCC[C@@H](C)[C@H]1CC[C@H]2[C@@H]3CC=C4C[C@@H](OC(=O)OCc5cn(CCCN)nn5)CC[C@]4(C)[C@H]3CC[C@]12C.O=C(O)C(F)(F)F. The maximum absolute atomic E-state index is 12.5. The molecule has 0 saturated heterocycles. The first-order chi connectivity index (χ1) is 22.6. The number of aryl methyl sites for hydroxylation is 1. The highest BCUT2D eigenvalue weighted by Crippen LogP contribution is 2.67. The number of fused-ring (bicyclic) bond motifs is 5. The van der Waals surface area contributed by atoms with Gasteiger partial charge in [0.2, 0.25) is 0 Å². The van der Waals surface area contributed by atoms with Crippen LogP contribution in [0.5, 0.6) is 0 Å². The lowest BCUT2D eigenvalue weighted by Crippen LogP contribution is -2.51. The van der Waals surface area contributed by atoms with Crippen molar-refractivity contribution in [1.82, 2.24) is 15.0 Å². The van der Waals surface area contributed by atoms with E-state index in [4.69, 9.17) is 25.1 Å². The molecule has 1 aromatic heterocycles. The molecule has 0 bridgehead atoms. The van der Waals surface area contributed by atoms with Gasteiger partial charge in [-0.15, -0.1) is 5.10 Å². The van der Waals surface area contributed by atoms with Gasteiger partial charge >= 0.3 is 18.3 Å². The molecule has 4 aliphatic carbocycles. The van der Waals surface area contributed by atoms with Gasteiger partial charge in [0.15, 0.2) is 0 Å². The number of nitrogens with two attached hydrogens (primary N) is 1. The lowest BCUT2D eigenvalue weighted by molar-refractivity contribution is -0.192. The number of aliphatic carboxylic acids is 1. The molecule has 9 nitrogen and oxygen atoms in total. The van der Waals surface area contributed by atoms with Gasteiger partial charge in [-0.3, -0.25) is 4.68 Å². The summed E-state index contributed by atoms with van der Waals surface area (Å²) in [5.74, 6) is 2.25. The van der Waals surface area contributed by atoms with Gasteiger partial charge in [0.1, 0.15) is 18.4 Å². The molecule has 0 aromatic carbocycles. The van der Waals surface area contributed by atoms with E-state index in [1.807, 2.05) is 0 Å². The van der Waals surface area contributed by atoms with Crippen LogP contribution in [0.2, 0.25) is 0 Å². The molecule has 5 rings (SSSR count). The standard InChI is InChI=1S/C34H56N4O3.C2HF3O2/c1-23(2)8-6-9-24(3)29-12-13-30-28-11-10-25-20-27(14-16-33(25,4)31(28)15-17-34(29,30)5)41-32(39)40-22-26-21-38(37-36-26)19-7-18-35;3-2(4,5)1(6)7/h10,21,23-24,27-31H,6-9,11-20,22,35H2,1-5H3;(H,6,7)/t24-,27+,28+,29-,30+,31+,33+,34-;/m1./s1. The molecule has 4 aliphatic rings. The molecule has 0 aliphatic heterocycles. The first-order valence-electron chi connectivity index (χ1n) is 18.0. The van der Waals surface area contributed by atoms with Crippen LogP contribution in [-0.2, 0) is 27.4 Å². The fourth-order valence-corrected chi connectivity index (χ4v) is 9.82. The van der Waals surface area contributed by atoms with E-state index < -0.39 is 18.3 Å². The first kappa shape index (κ1) is 38.2. The minimum atomic E-state index is -5.08. The smallest absolute Gasteiger partial charge is 0.475 e. The number of rotatable bonds is 11. The van der Waals surface area contributed by atoms with Crippen molar-refractivity contribution in [2.24, 2.45) is 52.1 Å². The summed E-state index contributed by atoms with van der Waals surface area (Å²) in [4.78, 5) is 21.4. The van der Waals surface area contributed by atoms with Gasteiger partial charge in [0.05, 0.1) is 6.20 Å². The third-order valence-corrected chi connectivity index (χ3v) is 12.3. The molecule has 0 amide bonds. The van der Waals surface area contributed by atoms with Crippen LogP contribution >= 0.6 is 0 Å². The van der Waals surface area contributed by atoms with Crippen molar-refractivity contribution >= 4 is 12.1 Å². The molecule has 1 aromatic rings. The van der Waals surface area contributed by atoms with E-state index in [9.17, 15) is 18.0 Å². The molecule has 1 heterocycles. The van der Waals surface area contributed by atoms with Crippen molar-refractivity contribution in [2.45, 2.75) is 137 Å². The summed E-state index contributed by atoms with van der Waals surface area (Å²) >= 11 is 0. The summed E-state index contributed by atoms with van der Waals surface area (Å²) in [6.45, 7) is 13.9. The topological polar surface area (TPSA) is 130 Å². The van der Waals surface area contributed by atoms with E-state index in [0.29, 0.717) is 24.2 Å². The van der Waals surface area contributed by atoms with Gasteiger partial charge in [-0.05, 0) is 104 Å². The van der Waals surface area contributed by atoms with Crippen molar-refractivity contribution < 1.29 is 37.3 Å². The molecule has 12 heteroatoms. The Labute approximate surface area is 283 Å². The number of carbonyl (C=O) groups is 2. The number of ether oxygens (including phenoxy) is 2. The highest BCUT2D eigenvalue weighted by atomic mass is 19.4. The van der Waals surface area contributed by atoms with E-state index >= 15 is 0 Å². The lowest BCUT2D eigenvalue weighted by atomic mass is 9.47. The van der Waals surface area contributed by atoms with E-state index in [2.05, 4.69) is 51.0 Å². The van der Waals surface area contributed by atoms with Gasteiger partial charge < -0.3 is 20.3 Å². The van der Waals surface area contributed by atoms with E-state index in [0.717, 1.165) is 61.2 Å². The van der Waals surface area contributed by atoms with Gasteiger partial charge in [-0.25, -0.2) is 9.59 Å². The molecular weight excluding hydrogens is 625 g/mol. The van der Waals surface area contributed by atoms with Crippen molar-refractivity contribution in [3.63, 3.8) is 0 Å². The number of allylic oxidation sites excluding steroid dienone is 1. The van der Waals surface area contributed by atoms with Crippen molar-refractivity contribution in [2.75, 3.05) is 6.54 Å². The monoisotopic (exact) mass is 682 g/mol. The van der Waals surface area contributed by atoms with Crippen LogP contribution in [0.1, 0.15) is 117 Å². The quantitative estimate of drug-likeness (QED) is 0.176. The molecule has 3 fully saturated rings. The molecular formula is C36H57F3N4O5. The summed E-state index contributed by atoms with van der Waals surface area (Å²) in [6.07, 6.45) is 13.3.